The van der Waals surface area contributed by atoms with Crippen LogP contribution in [0, 0.1) is 0 Å². The molecule has 1 aromatic heterocycles. The molecule has 0 amide bonds. The van der Waals surface area contributed by atoms with Gasteiger partial charge in [0.2, 0.25) is 0 Å². The minimum Gasteiger partial charge on any atom is -0.460 e. The second kappa shape index (κ2) is 4.90. The number of hydrogen-bond acceptors (Lipinski definition) is 2. The van der Waals surface area contributed by atoms with Gasteiger partial charge in [-0.15, -0.1) is 0 Å². The van der Waals surface area contributed by atoms with Gasteiger partial charge in [0.1, 0.15) is 11.3 Å². The summed E-state index contributed by atoms with van der Waals surface area (Å²) in [6.07, 6.45) is 0.596. The molecule has 19 heavy (non-hydrogen) atoms. The van der Waals surface area contributed by atoms with E-state index in [1.165, 1.54) is 0 Å². The quantitative estimate of drug-likeness (QED) is 0.703. The summed E-state index contributed by atoms with van der Waals surface area (Å²) in [5.74, 6) is 0.644. The highest BCUT2D eigenvalue weighted by atomic mass is 35.5. The molecule has 0 aliphatic heterocycles. The molecule has 1 heterocycles. The van der Waals surface area contributed by atoms with Crippen LogP contribution in [-0.4, -0.2) is 0 Å². The monoisotopic (exact) mass is 270 g/mol. The van der Waals surface area contributed by atoms with Crippen LogP contribution in [0.15, 0.2) is 63.8 Å². The highest BCUT2D eigenvalue weighted by molar-refractivity contribution is 6.31. The van der Waals surface area contributed by atoms with E-state index in [2.05, 4.69) is 0 Å². The predicted octanol–water partition coefficient (Wildman–Crippen LogP) is 4.04. The van der Waals surface area contributed by atoms with E-state index >= 15 is 0 Å². The maximum atomic E-state index is 12.0. The molecular weight excluding hydrogens is 260 g/mol. The topological polar surface area (TPSA) is 30.2 Å². The smallest absolute Gasteiger partial charge is 0.192 e. The van der Waals surface area contributed by atoms with Gasteiger partial charge >= 0.3 is 0 Å². The Balaban J connectivity index is 2.08. The maximum absolute atomic E-state index is 12.0. The van der Waals surface area contributed by atoms with Gasteiger partial charge in [-0.2, -0.15) is 0 Å². The zero-order chi connectivity index (χ0) is 13.2. The van der Waals surface area contributed by atoms with E-state index in [4.69, 9.17) is 16.0 Å². The van der Waals surface area contributed by atoms with E-state index in [1.807, 2.05) is 30.3 Å². The molecule has 0 bridgehead atoms. The number of rotatable bonds is 2. The lowest BCUT2D eigenvalue weighted by Crippen LogP contribution is -2.02. The van der Waals surface area contributed by atoms with Crippen molar-refractivity contribution < 1.29 is 4.42 Å². The SMILES string of the molecule is O=c1cc(Cc2ccccc2)oc2cc(Cl)ccc12. The van der Waals surface area contributed by atoms with Gasteiger partial charge in [0, 0.05) is 23.6 Å². The van der Waals surface area contributed by atoms with Gasteiger partial charge in [0.05, 0.1) is 5.39 Å². The first-order chi connectivity index (χ1) is 9.22. The van der Waals surface area contributed by atoms with Crippen LogP contribution in [0.4, 0.5) is 0 Å². The van der Waals surface area contributed by atoms with Crippen molar-refractivity contribution in [1.29, 1.82) is 0 Å². The molecule has 0 aliphatic carbocycles. The van der Waals surface area contributed by atoms with E-state index in [0.717, 1.165) is 5.56 Å². The molecule has 3 rings (SSSR count). The average molecular weight is 271 g/mol. The molecule has 0 spiro atoms. The molecule has 3 aromatic rings. The van der Waals surface area contributed by atoms with Gasteiger partial charge in [0.25, 0.3) is 0 Å². The Morgan fingerprint density at radius 3 is 2.58 bits per heavy atom. The van der Waals surface area contributed by atoms with E-state index in [0.29, 0.717) is 28.2 Å². The summed E-state index contributed by atoms with van der Waals surface area (Å²) >= 11 is 5.92. The lowest BCUT2D eigenvalue weighted by Gasteiger charge is -2.03. The molecule has 0 saturated carbocycles. The van der Waals surface area contributed by atoms with Crippen LogP contribution in [0.2, 0.25) is 5.02 Å². The van der Waals surface area contributed by atoms with Crippen LogP contribution >= 0.6 is 11.6 Å². The summed E-state index contributed by atoms with van der Waals surface area (Å²) in [6.45, 7) is 0. The fourth-order valence-electron chi connectivity index (χ4n) is 2.06. The number of halogens is 1. The minimum atomic E-state index is -0.0381. The summed E-state index contributed by atoms with van der Waals surface area (Å²) in [5.41, 5.74) is 1.60. The molecule has 0 fully saturated rings. The predicted molar refractivity (Wildman–Crippen MR) is 76.7 cm³/mol. The summed E-state index contributed by atoms with van der Waals surface area (Å²) in [4.78, 5) is 12.0. The second-order valence-corrected chi connectivity index (χ2v) is 4.82. The first-order valence-electron chi connectivity index (χ1n) is 5.98. The van der Waals surface area contributed by atoms with E-state index in [-0.39, 0.29) is 5.43 Å². The molecule has 0 aliphatic rings. The Bertz CT molecular complexity index is 776. The summed E-state index contributed by atoms with van der Waals surface area (Å²) in [5, 5.41) is 1.12. The largest absolute Gasteiger partial charge is 0.460 e. The minimum absolute atomic E-state index is 0.0381. The highest BCUT2D eigenvalue weighted by Crippen LogP contribution is 2.19. The fraction of sp³-hybridized carbons (Fsp3) is 0.0625. The molecule has 94 valence electrons. The van der Waals surface area contributed by atoms with Gasteiger partial charge in [-0.3, -0.25) is 4.79 Å². The van der Waals surface area contributed by atoms with Crippen molar-refractivity contribution >= 4 is 22.6 Å². The Hall–Kier alpha value is -2.06. The van der Waals surface area contributed by atoms with E-state index in [9.17, 15) is 4.79 Å². The standard InChI is InChI=1S/C16H11ClO2/c17-12-6-7-14-15(18)10-13(19-16(14)9-12)8-11-4-2-1-3-5-11/h1-7,9-10H,8H2. The lowest BCUT2D eigenvalue weighted by atomic mass is 10.1. The molecule has 0 N–H and O–H groups in total. The molecule has 0 saturated heterocycles. The van der Waals surface area contributed by atoms with Crippen LogP contribution < -0.4 is 5.43 Å². The Kier molecular flexibility index (Phi) is 3.10. The van der Waals surface area contributed by atoms with Crippen LogP contribution in [0.3, 0.4) is 0 Å². The van der Waals surface area contributed by atoms with Crippen LogP contribution in [0.25, 0.3) is 11.0 Å². The normalized spacial score (nSPS) is 10.8. The Morgan fingerprint density at radius 1 is 1.00 bits per heavy atom. The van der Waals surface area contributed by atoms with E-state index < -0.39 is 0 Å². The van der Waals surface area contributed by atoms with Gasteiger partial charge in [-0.25, -0.2) is 0 Å². The van der Waals surface area contributed by atoms with Gasteiger partial charge in [-0.05, 0) is 17.7 Å². The second-order valence-electron chi connectivity index (χ2n) is 4.38. The van der Waals surface area contributed by atoms with Crippen LogP contribution in [-0.2, 0) is 6.42 Å². The van der Waals surface area contributed by atoms with Crippen molar-refractivity contribution in [3.63, 3.8) is 0 Å². The van der Waals surface area contributed by atoms with Crippen molar-refractivity contribution in [3.05, 3.63) is 81.2 Å². The zero-order valence-electron chi connectivity index (χ0n) is 10.1. The number of hydrogen-bond donors (Lipinski definition) is 0. The lowest BCUT2D eigenvalue weighted by molar-refractivity contribution is 0.549. The van der Waals surface area contributed by atoms with Crippen molar-refractivity contribution in [2.24, 2.45) is 0 Å². The molecule has 3 heteroatoms. The maximum Gasteiger partial charge on any atom is 0.192 e. The first kappa shape index (κ1) is 12.0. The van der Waals surface area contributed by atoms with Gasteiger partial charge < -0.3 is 4.42 Å². The fourth-order valence-corrected chi connectivity index (χ4v) is 2.23. The van der Waals surface area contributed by atoms with Crippen LogP contribution in [0.1, 0.15) is 11.3 Å². The molecular formula is C16H11ClO2. The van der Waals surface area contributed by atoms with Crippen molar-refractivity contribution in [2.75, 3.05) is 0 Å². The van der Waals surface area contributed by atoms with Crippen molar-refractivity contribution in [3.8, 4) is 0 Å². The summed E-state index contributed by atoms with van der Waals surface area (Å²) in [6, 6.07) is 16.5. The van der Waals surface area contributed by atoms with Gasteiger partial charge in [-0.1, -0.05) is 41.9 Å². The third-order valence-corrected chi connectivity index (χ3v) is 3.20. The third kappa shape index (κ3) is 2.54. The molecule has 0 unspecified atom stereocenters. The van der Waals surface area contributed by atoms with Crippen molar-refractivity contribution in [2.45, 2.75) is 6.42 Å². The van der Waals surface area contributed by atoms with Gasteiger partial charge in [0.15, 0.2) is 5.43 Å². The molecule has 2 nitrogen and oxygen atoms in total. The molecule has 2 aromatic carbocycles. The Morgan fingerprint density at radius 2 is 1.79 bits per heavy atom. The third-order valence-electron chi connectivity index (χ3n) is 2.96. The highest BCUT2D eigenvalue weighted by Gasteiger charge is 2.06. The first-order valence-corrected chi connectivity index (χ1v) is 6.36. The van der Waals surface area contributed by atoms with E-state index in [1.54, 1.807) is 24.3 Å². The molecule has 0 atom stereocenters. The van der Waals surface area contributed by atoms with Crippen LogP contribution in [0.5, 0.6) is 0 Å². The number of fused-ring (bicyclic) bond motifs is 1. The van der Waals surface area contributed by atoms with Crippen molar-refractivity contribution in [1.82, 2.24) is 0 Å². The Labute approximate surface area is 115 Å². The average Bonchev–Trinajstić information content (AvgIpc) is 2.39. The number of benzene rings is 2. The summed E-state index contributed by atoms with van der Waals surface area (Å²) in [7, 11) is 0. The molecule has 0 radical (unpaired) electrons. The zero-order valence-corrected chi connectivity index (χ0v) is 10.9. The summed E-state index contributed by atoms with van der Waals surface area (Å²) < 4.78 is 5.74.